The first kappa shape index (κ1) is 20.4. The van der Waals surface area contributed by atoms with Crippen LogP contribution in [-0.4, -0.2) is 47.8 Å². The van der Waals surface area contributed by atoms with E-state index >= 15 is 0 Å². The topological polar surface area (TPSA) is 121 Å². The van der Waals surface area contributed by atoms with E-state index in [9.17, 15) is 21.6 Å². The summed E-state index contributed by atoms with van der Waals surface area (Å²) in [5.74, 6) is -1.00. The largest absolute Gasteiger partial charge is 0.481 e. The molecule has 136 valence electrons. The maximum atomic E-state index is 12.4. The van der Waals surface area contributed by atoms with Crippen LogP contribution in [-0.2, 0) is 24.8 Å². The van der Waals surface area contributed by atoms with Crippen LogP contribution in [0.1, 0.15) is 24.0 Å². The minimum absolute atomic E-state index is 0.0147. The monoisotopic (exact) mass is 378 g/mol. The second-order valence-electron chi connectivity index (χ2n) is 5.48. The molecule has 8 nitrogen and oxygen atoms in total. The number of aryl methyl sites for hydroxylation is 1. The smallest absolute Gasteiger partial charge is 0.303 e. The number of hydrogen-bond acceptors (Lipinski definition) is 5. The van der Waals surface area contributed by atoms with Crippen molar-refractivity contribution < 1.29 is 26.7 Å². The zero-order valence-corrected chi connectivity index (χ0v) is 15.7. The number of aliphatic carboxylic acids is 1. The van der Waals surface area contributed by atoms with Crippen molar-refractivity contribution in [1.82, 2.24) is 4.72 Å². The highest BCUT2D eigenvalue weighted by atomic mass is 32.2. The van der Waals surface area contributed by atoms with E-state index in [-0.39, 0.29) is 24.3 Å². The summed E-state index contributed by atoms with van der Waals surface area (Å²) < 4.78 is 51.7. The quantitative estimate of drug-likeness (QED) is 0.647. The van der Waals surface area contributed by atoms with E-state index in [0.29, 0.717) is 16.8 Å². The Morgan fingerprint density at radius 2 is 1.79 bits per heavy atom. The summed E-state index contributed by atoms with van der Waals surface area (Å²) in [5, 5.41) is 8.57. The van der Waals surface area contributed by atoms with Crippen LogP contribution in [0.3, 0.4) is 0 Å². The summed E-state index contributed by atoms with van der Waals surface area (Å²) in [6, 6.07) is 2.94. The van der Waals surface area contributed by atoms with Gasteiger partial charge in [0.1, 0.15) is 0 Å². The molecule has 1 rings (SSSR count). The summed E-state index contributed by atoms with van der Waals surface area (Å²) in [4.78, 5) is 10.4. The molecule has 0 spiro atoms. The zero-order valence-electron chi connectivity index (χ0n) is 14.0. The number of nitrogens with zero attached hydrogens (tertiary/aromatic N) is 1. The Hall–Kier alpha value is -1.65. The fourth-order valence-electron chi connectivity index (χ4n) is 2.28. The van der Waals surface area contributed by atoms with Crippen LogP contribution in [0.15, 0.2) is 17.0 Å². The molecule has 0 unspecified atom stereocenters. The van der Waals surface area contributed by atoms with Crippen molar-refractivity contribution in [2.45, 2.75) is 31.6 Å². The normalized spacial score (nSPS) is 12.2. The molecular weight excluding hydrogens is 356 g/mol. The third-order valence-electron chi connectivity index (χ3n) is 3.54. The summed E-state index contributed by atoms with van der Waals surface area (Å²) in [6.07, 6.45) is 1.06. The Morgan fingerprint density at radius 3 is 2.29 bits per heavy atom. The average molecular weight is 378 g/mol. The predicted octanol–water partition coefficient (Wildman–Crippen LogP) is 0.842. The van der Waals surface area contributed by atoms with Crippen LogP contribution in [0.4, 0.5) is 5.69 Å². The van der Waals surface area contributed by atoms with E-state index in [2.05, 4.69) is 4.72 Å². The van der Waals surface area contributed by atoms with Gasteiger partial charge < -0.3 is 5.11 Å². The predicted molar refractivity (Wildman–Crippen MR) is 91.2 cm³/mol. The fraction of sp³-hybridized carbons (Fsp3) is 0.500. The third-order valence-corrected chi connectivity index (χ3v) is 6.33. The summed E-state index contributed by atoms with van der Waals surface area (Å²) >= 11 is 0. The van der Waals surface area contributed by atoms with Gasteiger partial charge in [-0.2, -0.15) is 0 Å². The number of carbonyl (C=O) groups is 1. The lowest BCUT2D eigenvalue weighted by molar-refractivity contribution is -0.137. The van der Waals surface area contributed by atoms with Crippen LogP contribution < -0.4 is 9.03 Å². The fourth-order valence-corrected chi connectivity index (χ4v) is 4.21. The van der Waals surface area contributed by atoms with E-state index in [1.807, 2.05) is 0 Å². The third kappa shape index (κ3) is 4.92. The van der Waals surface area contributed by atoms with Crippen LogP contribution in [0.5, 0.6) is 0 Å². The number of sulfonamides is 2. The molecule has 0 atom stereocenters. The lowest BCUT2D eigenvalue weighted by Gasteiger charge is -2.23. The van der Waals surface area contributed by atoms with Crippen LogP contribution >= 0.6 is 0 Å². The first-order valence-corrected chi connectivity index (χ1v) is 10.5. The molecule has 10 heteroatoms. The van der Waals surface area contributed by atoms with Gasteiger partial charge in [0, 0.05) is 20.0 Å². The number of rotatable bonds is 8. The average Bonchev–Trinajstić information content (AvgIpc) is 2.42. The van der Waals surface area contributed by atoms with Gasteiger partial charge in [0.15, 0.2) is 0 Å². The van der Waals surface area contributed by atoms with Crippen molar-refractivity contribution in [2.24, 2.45) is 0 Å². The number of benzene rings is 1. The van der Waals surface area contributed by atoms with E-state index in [1.54, 1.807) is 6.92 Å². The molecule has 1 aromatic carbocycles. The second-order valence-corrected chi connectivity index (χ2v) is 9.23. The molecule has 0 fully saturated rings. The minimum atomic E-state index is -3.87. The molecule has 1 aromatic rings. The Labute approximate surface area is 142 Å². The molecule has 0 heterocycles. The Kier molecular flexibility index (Phi) is 6.37. The lowest BCUT2D eigenvalue weighted by Crippen LogP contribution is -2.29. The first-order chi connectivity index (χ1) is 10.9. The Bertz CT molecular complexity index is 831. The SMILES string of the molecule is Cc1ccc(S(=O)(=O)NCCCC(=O)O)c(C)c1N(C)S(C)(=O)=O. The van der Waals surface area contributed by atoms with Gasteiger partial charge in [-0.3, -0.25) is 9.10 Å². The van der Waals surface area contributed by atoms with Gasteiger partial charge in [-0.1, -0.05) is 6.07 Å². The summed E-state index contributed by atoms with van der Waals surface area (Å²) in [5.41, 5.74) is 1.25. The maximum Gasteiger partial charge on any atom is 0.303 e. The first-order valence-electron chi connectivity index (χ1n) is 7.13. The summed E-state index contributed by atoms with van der Waals surface area (Å²) in [7, 11) is -6.05. The molecule has 0 aliphatic heterocycles. The Balaban J connectivity index is 3.19. The number of hydrogen-bond donors (Lipinski definition) is 2. The molecule has 24 heavy (non-hydrogen) atoms. The van der Waals surface area contributed by atoms with Crippen LogP contribution in [0.2, 0.25) is 0 Å². The van der Waals surface area contributed by atoms with E-state index in [1.165, 1.54) is 26.1 Å². The van der Waals surface area contributed by atoms with Gasteiger partial charge in [0.2, 0.25) is 20.0 Å². The van der Waals surface area contributed by atoms with E-state index in [4.69, 9.17) is 5.11 Å². The number of nitrogens with one attached hydrogen (secondary N) is 1. The number of carboxylic acid groups (broad SMARTS) is 1. The molecular formula is C14H22N2O6S2. The summed E-state index contributed by atoms with van der Waals surface area (Å²) in [6.45, 7) is 3.22. The zero-order chi connectivity index (χ0) is 18.7. The minimum Gasteiger partial charge on any atom is -0.481 e. The van der Waals surface area contributed by atoms with Gasteiger partial charge in [-0.05, 0) is 37.5 Å². The van der Waals surface area contributed by atoms with Crippen LogP contribution in [0.25, 0.3) is 0 Å². The molecule has 0 radical (unpaired) electrons. The van der Waals surface area contributed by atoms with Crippen LogP contribution in [0, 0.1) is 13.8 Å². The van der Waals surface area contributed by atoms with Crippen molar-refractivity contribution in [3.05, 3.63) is 23.3 Å². The highest BCUT2D eigenvalue weighted by Gasteiger charge is 2.23. The Morgan fingerprint density at radius 1 is 1.21 bits per heavy atom. The molecule has 0 aliphatic carbocycles. The molecule has 0 saturated carbocycles. The van der Waals surface area contributed by atoms with Gasteiger partial charge >= 0.3 is 5.97 Å². The second kappa shape index (κ2) is 7.49. The van der Waals surface area contributed by atoms with Gasteiger partial charge in [-0.25, -0.2) is 21.6 Å². The van der Waals surface area contributed by atoms with Gasteiger partial charge in [-0.15, -0.1) is 0 Å². The van der Waals surface area contributed by atoms with E-state index in [0.717, 1.165) is 10.6 Å². The number of anilines is 1. The van der Waals surface area contributed by atoms with Crippen molar-refractivity contribution in [1.29, 1.82) is 0 Å². The van der Waals surface area contributed by atoms with Crippen molar-refractivity contribution in [3.8, 4) is 0 Å². The van der Waals surface area contributed by atoms with Crippen molar-refractivity contribution in [2.75, 3.05) is 24.2 Å². The molecule has 0 bridgehead atoms. The standard InChI is InChI=1S/C14H22N2O6S2/c1-10-7-8-12(11(2)14(10)16(3)23(4,19)20)24(21,22)15-9-5-6-13(17)18/h7-8,15H,5-6,9H2,1-4H3,(H,17,18). The highest BCUT2D eigenvalue weighted by molar-refractivity contribution is 7.92. The lowest BCUT2D eigenvalue weighted by atomic mass is 10.1. The van der Waals surface area contributed by atoms with Crippen molar-refractivity contribution >= 4 is 31.7 Å². The highest BCUT2D eigenvalue weighted by Crippen LogP contribution is 2.30. The molecule has 0 aromatic heterocycles. The maximum absolute atomic E-state index is 12.4. The molecule has 0 aliphatic rings. The van der Waals surface area contributed by atoms with E-state index < -0.39 is 26.0 Å². The van der Waals surface area contributed by atoms with Gasteiger partial charge in [0.25, 0.3) is 0 Å². The number of carboxylic acids is 1. The van der Waals surface area contributed by atoms with Crippen molar-refractivity contribution in [3.63, 3.8) is 0 Å². The molecule has 0 amide bonds. The molecule has 0 saturated heterocycles. The molecule has 2 N–H and O–H groups in total. The van der Waals surface area contributed by atoms with Gasteiger partial charge in [0.05, 0.1) is 16.8 Å².